The highest BCUT2D eigenvalue weighted by atomic mass is 32.1. The molecule has 0 saturated carbocycles. The van der Waals surface area contributed by atoms with Crippen molar-refractivity contribution in [1.82, 2.24) is 4.57 Å². The lowest BCUT2D eigenvalue weighted by atomic mass is 10.00. The van der Waals surface area contributed by atoms with E-state index in [0.717, 1.165) is 67.9 Å². The molecule has 382 valence electrons. The number of rotatable bonds is 12. The molecule has 0 aliphatic rings. The van der Waals surface area contributed by atoms with Crippen molar-refractivity contribution >= 4 is 115 Å². The fourth-order valence-corrected chi connectivity index (χ4v) is 13.2. The van der Waals surface area contributed by atoms with Crippen LogP contribution in [0.15, 0.2) is 315 Å². The first kappa shape index (κ1) is 47.7. The number of fused-ring (bicyclic) bond motifs is 7. The minimum Gasteiger partial charge on any atom is -0.310 e. The summed E-state index contributed by atoms with van der Waals surface area (Å²) in [7, 11) is 0. The lowest BCUT2D eigenvalue weighted by molar-refractivity contribution is 1.17. The summed E-state index contributed by atoms with van der Waals surface area (Å²) in [6, 6.07) is 115. The van der Waals surface area contributed by atoms with E-state index in [1.165, 1.54) is 64.0 Å². The summed E-state index contributed by atoms with van der Waals surface area (Å²) < 4.78 is 4.91. The molecular formula is C76H52N4S. The molecule has 0 atom stereocenters. The van der Waals surface area contributed by atoms with E-state index in [-0.39, 0.29) is 0 Å². The molecule has 2 aromatic heterocycles. The second kappa shape index (κ2) is 20.4. The van der Waals surface area contributed by atoms with Gasteiger partial charge in [0.1, 0.15) is 0 Å². The van der Waals surface area contributed by atoms with E-state index in [1.807, 2.05) is 11.3 Å². The van der Waals surface area contributed by atoms with Gasteiger partial charge in [-0.2, -0.15) is 0 Å². The molecule has 0 radical (unpaired) electrons. The molecule has 0 bridgehead atoms. The molecule has 13 aromatic carbocycles. The summed E-state index contributed by atoms with van der Waals surface area (Å²) >= 11 is 1.87. The van der Waals surface area contributed by atoms with Crippen molar-refractivity contribution in [3.8, 4) is 27.9 Å². The van der Waals surface area contributed by atoms with Gasteiger partial charge in [0.25, 0.3) is 0 Å². The normalized spacial score (nSPS) is 11.5. The smallest absolute Gasteiger partial charge is 0.0561 e. The fourth-order valence-electron chi connectivity index (χ4n) is 12.0. The Bertz CT molecular complexity index is 4690. The molecule has 15 aromatic rings. The largest absolute Gasteiger partial charge is 0.310 e. The number of hydrogen-bond donors (Lipinski definition) is 0. The Balaban J connectivity index is 0.943. The zero-order chi connectivity index (χ0) is 53.6. The third-order valence-corrected chi connectivity index (χ3v) is 16.9. The van der Waals surface area contributed by atoms with Gasteiger partial charge in [0.2, 0.25) is 0 Å². The van der Waals surface area contributed by atoms with Crippen LogP contribution in [0.2, 0.25) is 0 Å². The van der Waals surface area contributed by atoms with Crippen LogP contribution in [0.3, 0.4) is 0 Å². The van der Waals surface area contributed by atoms with E-state index in [1.54, 1.807) is 0 Å². The fraction of sp³-hybridized carbons (Fsp3) is 0. The Morgan fingerprint density at radius 3 is 1.42 bits per heavy atom. The summed E-state index contributed by atoms with van der Waals surface area (Å²) in [5, 5.41) is 7.20. The number of thiophene rings is 1. The zero-order valence-corrected chi connectivity index (χ0v) is 45.0. The maximum Gasteiger partial charge on any atom is 0.0561 e. The van der Waals surface area contributed by atoms with Crippen molar-refractivity contribution < 1.29 is 0 Å². The van der Waals surface area contributed by atoms with Crippen LogP contribution in [0.5, 0.6) is 0 Å². The molecule has 0 amide bonds. The van der Waals surface area contributed by atoms with Gasteiger partial charge in [0, 0.05) is 93.1 Å². The maximum atomic E-state index is 2.46. The van der Waals surface area contributed by atoms with Crippen molar-refractivity contribution in [3.63, 3.8) is 0 Å². The number of hydrogen-bond acceptors (Lipinski definition) is 4. The van der Waals surface area contributed by atoms with Crippen LogP contribution in [0, 0.1) is 0 Å². The van der Waals surface area contributed by atoms with Crippen molar-refractivity contribution in [2.45, 2.75) is 0 Å². The molecule has 0 aliphatic heterocycles. The number of para-hydroxylation sites is 4. The van der Waals surface area contributed by atoms with Crippen LogP contribution >= 0.6 is 11.3 Å². The van der Waals surface area contributed by atoms with Crippen molar-refractivity contribution in [2.75, 3.05) is 14.7 Å². The first-order valence-corrected chi connectivity index (χ1v) is 28.4. The van der Waals surface area contributed by atoms with Gasteiger partial charge >= 0.3 is 0 Å². The number of benzene rings is 13. The van der Waals surface area contributed by atoms with Crippen LogP contribution in [-0.2, 0) is 0 Å². The minimum absolute atomic E-state index is 1.06. The van der Waals surface area contributed by atoms with Gasteiger partial charge in [-0.15, -0.1) is 11.3 Å². The Labute approximate surface area is 475 Å². The highest BCUT2D eigenvalue weighted by molar-refractivity contribution is 7.26. The second-order valence-electron chi connectivity index (χ2n) is 20.5. The van der Waals surface area contributed by atoms with Gasteiger partial charge in [0.05, 0.1) is 16.7 Å². The van der Waals surface area contributed by atoms with E-state index in [0.29, 0.717) is 0 Å². The summed E-state index contributed by atoms with van der Waals surface area (Å²) in [6.07, 6.45) is 0. The van der Waals surface area contributed by atoms with Gasteiger partial charge < -0.3 is 19.3 Å². The lowest BCUT2D eigenvalue weighted by Gasteiger charge is -2.27. The summed E-state index contributed by atoms with van der Waals surface area (Å²) in [5.41, 5.74) is 18.0. The molecule has 81 heavy (non-hydrogen) atoms. The van der Waals surface area contributed by atoms with Crippen molar-refractivity contribution in [3.05, 3.63) is 315 Å². The lowest BCUT2D eigenvalue weighted by Crippen LogP contribution is -2.10. The van der Waals surface area contributed by atoms with E-state index >= 15 is 0 Å². The van der Waals surface area contributed by atoms with Crippen LogP contribution in [-0.4, -0.2) is 4.57 Å². The predicted octanol–water partition coefficient (Wildman–Crippen LogP) is 22.0. The van der Waals surface area contributed by atoms with Crippen molar-refractivity contribution in [1.29, 1.82) is 0 Å². The molecule has 0 N–H and O–H groups in total. The van der Waals surface area contributed by atoms with Gasteiger partial charge in [0.15, 0.2) is 0 Å². The standard InChI is InChI=1S/C76H52N4S/c1-7-22-53(23-8-1)54-38-40-61(41-39-54)78(62-44-47-73-70(48-62)67-45-42-63(51-74(67)80(73)60-34-17-6-18-35-60)77(57-28-11-3-12-29-57)58-30-13-4-14-31-58)65-49-69(56-24-9-2-10-25-56)76-71(50-65)68-46-43-64(52-75(68)81-76)79(59-32-15-5-16-33-59)72-37-21-27-55-26-19-20-36-66(55)72/h1-52H. The first-order chi connectivity index (χ1) is 40.2. The van der Waals surface area contributed by atoms with E-state index in [4.69, 9.17) is 0 Å². The van der Waals surface area contributed by atoms with Gasteiger partial charge in [-0.25, -0.2) is 0 Å². The molecule has 0 fully saturated rings. The quantitative estimate of drug-likeness (QED) is 0.121. The van der Waals surface area contributed by atoms with E-state index in [2.05, 4.69) is 335 Å². The van der Waals surface area contributed by atoms with E-state index < -0.39 is 0 Å². The maximum absolute atomic E-state index is 2.46. The molecule has 0 aliphatic carbocycles. The molecule has 4 nitrogen and oxygen atoms in total. The van der Waals surface area contributed by atoms with Gasteiger partial charge in [-0.1, -0.05) is 194 Å². The zero-order valence-electron chi connectivity index (χ0n) is 44.2. The molecule has 0 unspecified atom stereocenters. The average Bonchev–Trinajstić information content (AvgIpc) is 4.25. The summed E-state index contributed by atoms with van der Waals surface area (Å²) in [4.78, 5) is 7.21. The monoisotopic (exact) mass is 1050 g/mol. The number of nitrogens with zero attached hydrogens (tertiary/aromatic N) is 4. The molecule has 15 rings (SSSR count). The highest BCUT2D eigenvalue weighted by Gasteiger charge is 2.24. The highest BCUT2D eigenvalue weighted by Crippen LogP contribution is 2.49. The Kier molecular flexibility index (Phi) is 12.0. The number of aromatic nitrogens is 1. The molecule has 5 heteroatoms. The van der Waals surface area contributed by atoms with Crippen LogP contribution in [0.25, 0.3) is 80.7 Å². The van der Waals surface area contributed by atoms with E-state index in [9.17, 15) is 0 Å². The minimum atomic E-state index is 1.06. The van der Waals surface area contributed by atoms with Gasteiger partial charge in [-0.3, -0.25) is 0 Å². The molecule has 0 saturated heterocycles. The predicted molar refractivity (Wildman–Crippen MR) is 346 cm³/mol. The summed E-state index contributed by atoms with van der Waals surface area (Å²) in [5.74, 6) is 0. The summed E-state index contributed by atoms with van der Waals surface area (Å²) in [6.45, 7) is 0. The third kappa shape index (κ3) is 8.65. The topological polar surface area (TPSA) is 14.7 Å². The Morgan fingerprint density at radius 2 is 0.741 bits per heavy atom. The van der Waals surface area contributed by atoms with Crippen LogP contribution < -0.4 is 14.7 Å². The molecular weight excluding hydrogens is 1000 g/mol. The third-order valence-electron chi connectivity index (χ3n) is 15.7. The first-order valence-electron chi connectivity index (χ1n) is 27.6. The number of anilines is 9. The molecule has 0 spiro atoms. The molecule has 2 heterocycles. The Hall–Kier alpha value is -10.5. The van der Waals surface area contributed by atoms with Crippen LogP contribution in [0.1, 0.15) is 0 Å². The van der Waals surface area contributed by atoms with Crippen molar-refractivity contribution in [2.24, 2.45) is 0 Å². The SMILES string of the molecule is c1ccc(-c2ccc(N(c3cc(-c4ccccc4)c4sc5cc(N(c6ccccc6)c6cccc7ccccc67)ccc5c4c3)c3ccc4c(c3)c3ccc(N(c5ccccc5)c5ccccc5)cc3n4-c3ccccc3)cc2)cc1. The average molecular weight is 1050 g/mol. The van der Waals surface area contributed by atoms with Gasteiger partial charge in [-0.05, 0) is 143 Å². The Morgan fingerprint density at radius 1 is 0.259 bits per heavy atom. The van der Waals surface area contributed by atoms with Crippen LogP contribution in [0.4, 0.5) is 51.2 Å². The second-order valence-corrected chi connectivity index (χ2v) is 21.6.